The van der Waals surface area contributed by atoms with E-state index in [1.807, 2.05) is 38.1 Å². The van der Waals surface area contributed by atoms with E-state index in [0.717, 1.165) is 29.1 Å². The van der Waals surface area contributed by atoms with Crippen LogP contribution in [-0.2, 0) is 4.74 Å². The topological polar surface area (TPSA) is 67.7 Å². The van der Waals surface area contributed by atoms with E-state index in [1.165, 1.54) is 10.9 Å². The van der Waals surface area contributed by atoms with Gasteiger partial charge in [0.05, 0.1) is 11.7 Å². The third kappa shape index (κ3) is 2.97. The number of likely N-dealkylation sites (tertiary alicyclic amines) is 1. The van der Waals surface area contributed by atoms with Gasteiger partial charge in [0.15, 0.2) is 5.49 Å². The van der Waals surface area contributed by atoms with Gasteiger partial charge in [0.25, 0.3) is 0 Å². The summed E-state index contributed by atoms with van der Waals surface area (Å²) < 4.78 is 5.48. The molecule has 1 amide bonds. The molecule has 0 bridgehead atoms. The number of nitrogens with zero attached hydrogens (tertiary/aromatic N) is 4. The van der Waals surface area contributed by atoms with Crippen molar-refractivity contribution < 1.29 is 9.53 Å². The van der Waals surface area contributed by atoms with Gasteiger partial charge in [0.1, 0.15) is 5.60 Å². The zero-order valence-electron chi connectivity index (χ0n) is 14.8. The minimum Gasteiger partial charge on any atom is -0.444 e. The second-order valence-corrected chi connectivity index (χ2v) is 7.66. The predicted octanol–water partition coefficient (Wildman–Crippen LogP) is 2.12. The summed E-state index contributed by atoms with van der Waals surface area (Å²) in [5.41, 5.74) is 2.55. The first kappa shape index (κ1) is 16.0. The predicted molar refractivity (Wildman–Crippen MR) is 94.6 cm³/mol. The third-order valence-corrected chi connectivity index (χ3v) is 4.73. The standard InChI is InChI=1S/C19H22N4O2/c1-19(2,3)25-18(24)23-8-5-12(6-9-23)13-4-7-20-15-11-22-17-14(10-21-17)16(13)15/h4,7,10-12H,5-6,8-9H2,1-3H3. The number of hydrogen-bond donors (Lipinski definition) is 0. The van der Waals surface area contributed by atoms with Crippen LogP contribution in [0.15, 0.2) is 23.5 Å². The molecule has 2 aliphatic rings. The van der Waals surface area contributed by atoms with Gasteiger partial charge in [-0.05, 0) is 51.2 Å². The molecule has 0 aliphatic carbocycles. The van der Waals surface area contributed by atoms with Crippen molar-refractivity contribution in [3.63, 3.8) is 0 Å². The second kappa shape index (κ2) is 5.79. The molecule has 0 radical (unpaired) electrons. The minimum absolute atomic E-state index is 0.217. The first-order valence-corrected chi connectivity index (χ1v) is 8.72. The number of hydrogen-bond acceptors (Lipinski definition) is 5. The number of ether oxygens (including phenoxy) is 1. The maximum absolute atomic E-state index is 12.2. The molecule has 0 saturated carbocycles. The summed E-state index contributed by atoms with van der Waals surface area (Å²) in [6.07, 6.45) is 7.14. The lowest BCUT2D eigenvalue weighted by Gasteiger charge is -2.34. The van der Waals surface area contributed by atoms with E-state index in [-0.39, 0.29) is 6.09 Å². The van der Waals surface area contributed by atoms with Crippen LogP contribution in [0.3, 0.4) is 0 Å². The van der Waals surface area contributed by atoms with Gasteiger partial charge in [0, 0.05) is 36.1 Å². The number of pyridine rings is 2. The van der Waals surface area contributed by atoms with Crippen LogP contribution in [0.2, 0.25) is 0 Å². The molecular weight excluding hydrogens is 316 g/mol. The van der Waals surface area contributed by atoms with Crippen LogP contribution >= 0.6 is 0 Å². The monoisotopic (exact) mass is 338 g/mol. The molecule has 25 heavy (non-hydrogen) atoms. The fourth-order valence-corrected chi connectivity index (χ4v) is 3.51. The Balaban J connectivity index is 1.55. The maximum atomic E-state index is 12.2. The number of piperidine rings is 1. The van der Waals surface area contributed by atoms with E-state index in [4.69, 9.17) is 4.74 Å². The molecule has 1 saturated heterocycles. The van der Waals surface area contributed by atoms with Gasteiger partial charge in [-0.1, -0.05) is 0 Å². The smallest absolute Gasteiger partial charge is 0.410 e. The number of carbonyl (C=O) groups is 1. The summed E-state index contributed by atoms with van der Waals surface area (Å²) in [6, 6.07) is 2.10. The normalized spacial score (nSPS) is 17.3. The van der Waals surface area contributed by atoms with Gasteiger partial charge in [-0.15, -0.1) is 0 Å². The van der Waals surface area contributed by atoms with Crippen LogP contribution in [0, 0.1) is 0 Å². The van der Waals surface area contributed by atoms with E-state index < -0.39 is 5.60 Å². The molecule has 2 aromatic rings. The first-order valence-electron chi connectivity index (χ1n) is 8.72. The molecular formula is C19H22N4O2. The van der Waals surface area contributed by atoms with E-state index in [0.29, 0.717) is 19.0 Å². The lowest BCUT2D eigenvalue weighted by Crippen LogP contribution is -2.41. The number of rotatable bonds is 1. The van der Waals surface area contributed by atoms with Crippen molar-refractivity contribution in [1.82, 2.24) is 14.9 Å². The van der Waals surface area contributed by atoms with Crippen molar-refractivity contribution in [2.75, 3.05) is 13.1 Å². The molecule has 0 atom stereocenters. The number of aromatic nitrogens is 2. The Hall–Kier alpha value is -2.50. The molecule has 2 aliphatic heterocycles. The van der Waals surface area contributed by atoms with Crippen LogP contribution < -0.4 is 10.7 Å². The average Bonchev–Trinajstić information content (AvgIpc) is 2.53. The highest BCUT2D eigenvalue weighted by Crippen LogP contribution is 2.31. The lowest BCUT2D eigenvalue weighted by atomic mass is 9.87. The van der Waals surface area contributed by atoms with E-state index in [2.05, 4.69) is 21.0 Å². The highest BCUT2D eigenvalue weighted by Gasteiger charge is 2.28. The number of fused-ring (bicyclic) bond motifs is 3. The summed E-state index contributed by atoms with van der Waals surface area (Å²) in [5.74, 6) is 0.407. The van der Waals surface area contributed by atoms with E-state index >= 15 is 0 Å². The zero-order chi connectivity index (χ0) is 17.6. The molecule has 6 heteroatoms. The largest absolute Gasteiger partial charge is 0.444 e. The Bertz CT molecular complexity index is 954. The fourth-order valence-electron chi connectivity index (χ4n) is 3.51. The summed E-state index contributed by atoms with van der Waals surface area (Å²) in [4.78, 5) is 27.0. The highest BCUT2D eigenvalue weighted by atomic mass is 16.6. The van der Waals surface area contributed by atoms with Crippen molar-refractivity contribution in [2.45, 2.75) is 45.1 Å². The van der Waals surface area contributed by atoms with Gasteiger partial charge >= 0.3 is 6.09 Å². The van der Waals surface area contributed by atoms with Crippen molar-refractivity contribution in [1.29, 1.82) is 0 Å². The molecule has 0 aromatic carbocycles. The van der Waals surface area contributed by atoms with Crippen molar-refractivity contribution in [2.24, 2.45) is 4.99 Å². The van der Waals surface area contributed by atoms with E-state index in [9.17, 15) is 4.79 Å². The minimum atomic E-state index is -0.454. The lowest BCUT2D eigenvalue weighted by molar-refractivity contribution is 0.0205. The second-order valence-electron chi connectivity index (χ2n) is 7.66. The first-order chi connectivity index (χ1) is 11.9. The van der Waals surface area contributed by atoms with Crippen LogP contribution in [-0.4, -0.2) is 39.7 Å². The Morgan fingerprint density at radius 1 is 1.24 bits per heavy atom. The highest BCUT2D eigenvalue weighted by molar-refractivity contribution is 5.83. The number of carbonyl (C=O) groups excluding carboxylic acids is 1. The zero-order valence-corrected chi connectivity index (χ0v) is 14.8. The summed E-state index contributed by atoms with van der Waals surface area (Å²) in [6.45, 7) is 7.12. The molecule has 2 aromatic heterocycles. The summed E-state index contributed by atoms with van der Waals surface area (Å²) >= 11 is 0. The van der Waals surface area contributed by atoms with Gasteiger partial charge in [0.2, 0.25) is 0 Å². The average molecular weight is 338 g/mol. The van der Waals surface area contributed by atoms with Crippen LogP contribution in [0.5, 0.6) is 0 Å². The van der Waals surface area contributed by atoms with Crippen LogP contribution in [0.1, 0.15) is 45.1 Å². The van der Waals surface area contributed by atoms with Crippen LogP contribution in [0.25, 0.3) is 17.1 Å². The van der Waals surface area contributed by atoms with Crippen molar-refractivity contribution >= 4 is 23.2 Å². The summed E-state index contributed by atoms with van der Waals surface area (Å²) in [5, 5.41) is 2.26. The molecule has 0 N–H and O–H groups in total. The molecule has 1 fully saturated rings. The van der Waals surface area contributed by atoms with Gasteiger partial charge < -0.3 is 9.64 Å². The van der Waals surface area contributed by atoms with Crippen molar-refractivity contribution in [3.05, 3.63) is 34.7 Å². The van der Waals surface area contributed by atoms with Gasteiger partial charge in [-0.2, -0.15) is 0 Å². The fraction of sp³-hybridized carbons (Fsp3) is 0.474. The quantitative estimate of drug-likeness (QED) is 0.799. The molecule has 0 spiro atoms. The molecule has 0 unspecified atom stereocenters. The molecule has 6 nitrogen and oxygen atoms in total. The molecule has 4 rings (SSSR count). The molecule has 4 heterocycles. The third-order valence-electron chi connectivity index (χ3n) is 4.73. The van der Waals surface area contributed by atoms with E-state index in [1.54, 1.807) is 6.20 Å². The van der Waals surface area contributed by atoms with Gasteiger partial charge in [-0.3, -0.25) is 4.98 Å². The Morgan fingerprint density at radius 2 is 2.00 bits per heavy atom. The summed E-state index contributed by atoms with van der Waals surface area (Å²) in [7, 11) is 0. The Labute approximate surface area is 146 Å². The Kier molecular flexibility index (Phi) is 3.71. The number of amides is 1. The maximum Gasteiger partial charge on any atom is 0.410 e. The van der Waals surface area contributed by atoms with Crippen molar-refractivity contribution in [3.8, 4) is 0 Å². The Morgan fingerprint density at radius 3 is 2.64 bits per heavy atom. The SMILES string of the molecule is CC(C)(C)OC(=O)N1CCC(c2ccnc3cnc4c(c23)=CN=4)CC1. The van der Waals surface area contributed by atoms with Crippen LogP contribution in [0.4, 0.5) is 4.79 Å². The van der Waals surface area contributed by atoms with Gasteiger partial charge in [-0.25, -0.2) is 14.8 Å². The molecule has 130 valence electrons.